The van der Waals surface area contributed by atoms with Crippen LogP contribution in [0.2, 0.25) is 0 Å². The fourth-order valence-corrected chi connectivity index (χ4v) is 3.93. The molecule has 1 aliphatic heterocycles. The van der Waals surface area contributed by atoms with E-state index < -0.39 is 0 Å². The van der Waals surface area contributed by atoms with Crippen LogP contribution in [0.1, 0.15) is 52.8 Å². The lowest BCUT2D eigenvalue weighted by Gasteiger charge is -2.33. The van der Waals surface area contributed by atoms with Gasteiger partial charge in [-0.1, -0.05) is 42.8 Å². The monoisotopic (exact) mass is 378 g/mol. The van der Waals surface area contributed by atoms with Crippen LogP contribution in [0, 0.1) is 5.92 Å². The van der Waals surface area contributed by atoms with Gasteiger partial charge in [-0.05, 0) is 55.9 Å². The summed E-state index contributed by atoms with van der Waals surface area (Å²) in [4.78, 5) is 28.8. The fourth-order valence-electron chi connectivity index (χ4n) is 3.93. The molecule has 0 saturated carbocycles. The van der Waals surface area contributed by atoms with Crippen LogP contribution in [0.3, 0.4) is 0 Å². The Kier molecular flexibility index (Phi) is 7.24. The van der Waals surface area contributed by atoms with Crippen LogP contribution >= 0.6 is 0 Å². The second-order valence-electron chi connectivity index (χ2n) is 7.71. The van der Waals surface area contributed by atoms with Crippen LogP contribution in [0.15, 0.2) is 60.7 Å². The molecule has 1 heterocycles. The summed E-state index contributed by atoms with van der Waals surface area (Å²) in [5, 5.41) is 0. The van der Waals surface area contributed by atoms with Gasteiger partial charge in [0.25, 0.3) is 11.8 Å². The Labute approximate surface area is 168 Å². The van der Waals surface area contributed by atoms with E-state index in [1.807, 2.05) is 72.6 Å². The molecular weight excluding hydrogens is 348 g/mol. The first-order chi connectivity index (χ1) is 13.6. The van der Waals surface area contributed by atoms with Crippen molar-refractivity contribution >= 4 is 11.8 Å². The van der Waals surface area contributed by atoms with Crippen molar-refractivity contribution in [3.8, 4) is 0 Å². The first-order valence-corrected chi connectivity index (χ1v) is 10.3. The molecule has 2 amide bonds. The number of carbonyl (C=O) groups excluding carboxylic acids is 2. The van der Waals surface area contributed by atoms with Gasteiger partial charge < -0.3 is 9.80 Å². The third kappa shape index (κ3) is 5.44. The molecule has 0 unspecified atom stereocenters. The van der Waals surface area contributed by atoms with Gasteiger partial charge >= 0.3 is 0 Å². The molecule has 0 bridgehead atoms. The van der Waals surface area contributed by atoms with E-state index in [0.717, 1.165) is 56.4 Å². The maximum absolute atomic E-state index is 12.7. The number of nitrogens with zero attached hydrogens (tertiary/aromatic N) is 2. The van der Waals surface area contributed by atoms with Crippen molar-refractivity contribution in [3.05, 3.63) is 71.8 Å². The molecule has 2 aromatic rings. The first kappa shape index (κ1) is 20.1. The maximum Gasteiger partial charge on any atom is 0.253 e. The van der Waals surface area contributed by atoms with Crippen LogP contribution < -0.4 is 0 Å². The second-order valence-corrected chi connectivity index (χ2v) is 7.71. The number of amides is 2. The summed E-state index contributed by atoms with van der Waals surface area (Å²) in [6.45, 7) is 2.48. The van der Waals surface area contributed by atoms with Crippen molar-refractivity contribution in [2.75, 3.05) is 26.7 Å². The normalized spacial score (nSPS) is 16.6. The molecule has 148 valence electrons. The van der Waals surface area contributed by atoms with E-state index in [0.29, 0.717) is 5.92 Å². The summed E-state index contributed by atoms with van der Waals surface area (Å²) in [5.41, 5.74) is 1.52. The summed E-state index contributed by atoms with van der Waals surface area (Å²) >= 11 is 0. The van der Waals surface area contributed by atoms with Crippen molar-refractivity contribution < 1.29 is 9.59 Å². The highest BCUT2D eigenvalue weighted by atomic mass is 16.2. The minimum atomic E-state index is 0.0814. The number of unbranched alkanes of at least 4 members (excludes halogenated alkanes) is 1. The largest absolute Gasteiger partial charge is 0.342 e. The average Bonchev–Trinajstić information content (AvgIpc) is 2.77. The Hall–Kier alpha value is -2.62. The minimum Gasteiger partial charge on any atom is -0.342 e. The molecule has 1 fully saturated rings. The molecule has 0 spiro atoms. The highest BCUT2D eigenvalue weighted by molar-refractivity contribution is 5.94. The Bertz CT molecular complexity index is 761. The van der Waals surface area contributed by atoms with Gasteiger partial charge in [-0.25, -0.2) is 0 Å². The number of hydrogen-bond acceptors (Lipinski definition) is 2. The van der Waals surface area contributed by atoms with Gasteiger partial charge in [-0.15, -0.1) is 0 Å². The molecule has 0 aliphatic carbocycles. The third-order valence-electron chi connectivity index (χ3n) is 5.55. The number of piperidine rings is 1. The lowest BCUT2D eigenvalue weighted by atomic mass is 9.92. The molecule has 4 nitrogen and oxygen atoms in total. The molecule has 1 aliphatic rings. The number of carbonyl (C=O) groups is 2. The van der Waals surface area contributed by atoms with Gasteiger partial charge in [0.05, 0.1) is 0 Å². The van der Waals surface area contributed by atoms with E-state index in [9.17, 15) is 9.59 Å². The number of rotatable bonds is 7. The van der Waals surface area contributed by atoms with Gasteiger partial charge in [0.1, 0.15) is 0 Å². The lowest BCUT2D eigenvalue weighted by molar-refractivity contribution is 0.0663. The van der Waals surface area contributed by atoms with E-state index in [1.54, 1.807) is 4.90 Å². The molecular formula is C24H30N2O2. The van der Waals surface area contributed by atoms with Gasteiger partial charge in [0.2, 0.25) is 0 Å². The number of benzene rings is 2. The zero-order chi connectivity index (χ0) is 19.8. The molecule has 2 aromatic carbocycles. The summed E-state index contributed by atoms with van der Waals surface area (Å²) in [6.07, 6.45) is 5.47. The van der Waals surface area contributed by atoms with Gasteiger partial charge in [0.15, 0.2) is 0 Å². The lowest BCUT2D eigenvalue weighted by Crippen LogP contribution is -2.40. The summed E-state index contributed by atoms with van der Waals surface area (Å²) < 4.78 is 0. The van der Waals surface area contributed by atoms with Gasteiger partial charge in [-0.2, -0.15) is 0 Å². The summed E-state index contributed by atoms with van der Waals surface area (Å²) in [7, 11) is 1.87. The van der Waals surface area contributed by atoms with E-state index in [1.165, 1.54) is 6.42 Å². The van der Waals surface area contributed by atoms with Crippen molar-refractivity contribution in [1.82, 2.24) is 9.80 Å². The highest BCUT2D eigenvalue weighted by Crippen LogP contribution is 2.23. The van der Waals surface area contributed by atoms with E-state index in [-0.39, 0.29) is 11.8 Å². The fraction of sp³-hybridized carbons (Fsp3) is 0.417. The second kappa shape index (κ2) is 10.1. The molecule has 4 heteroatoms. The summed E-state index contributed by atoms with van der Waals surface area (Å²) in [5.74, 6) is 0.799. The average molecular weight is 379 g/mol. The van der Waals surface area contributed by atoms with E-state index in [2.05, 4.69) is 0 Å². The standard InChI is InChI=1S/C24H30N2O2/c1-25(23(27)21-13-4-2-5-14-21)17-9-8-11-20-12-10-18-26(19-20)24(28)22-15-6-3-7-16-22/h2-7,13-16,20H,8-12,17-19H2,1H3/t20-/m1/s1. The molecule has 0 aromatic heterocycles. The van der Waals surface area contributed by atoms with Crippen LogP contribution in [-0.4, -0.2) is 48.3 Å². The minimum absolute atomic E-state index is 0.0814. The van der Waals surface area contributed by atoms with Crippen molar-refractivity contribution in [1.29, 1.82) is 0 Å². The third-order valence-corrected chi connectivity index (χ3v) is 5.55. The zero-order valence-electron chi connectivity index (χ0n) is 16.7. The number of likely N-dealkylation sites (tertiary alicyclic amines) is 1. The van der Waals surface area contributed by atoms with Crippen molar-refractivity contribution in [2.45, 2.75) is 32.1 Å². The smallest absolute Gasteiger partial charge is 0.253 e. The summed E-state index contributed by atoms with van der Waals surface area (Å²) in [6, 6.07) is 19.0. The van der Waals surface area contributed by atoms with Crippen LogP contribution in [-0.2, 0) is 0 Å². The molecule has 1 saturated heterocycles. The number of hydrogen-bond donors (Lipinski definition) is 0. The predicted molar refractivity (Wildman–Crippen MR) is 112 cm³/mol. The van der Waals surface area contributed by atoms with E-state index >= 15 is 0 Å². The van der Waals surface area contributed by atoms with Crippen molar-refractivity contribution in [2.24, 2.45) is 5.92 Å². The zero-order valence-corrected chi connectivity index (χ0v) is 16.7. The quantitative estimate of drug-likeness (QED) is 0.667. The predicted octanol–water partition coefficient (Wildman–Crippen LogP) is 4.48. The van der Waals surface area contributed by atoms with Gasteiger partial charge in [-0.3, -0.25) is 9.59 Å². The van der Waals surface area contributed by atoms with Crippen LogP contribution in [0.4, 0.5) is 0 Å². The first-order valence-electron chi connectivity index (χ1n) is 10.3. The topological polar surface area (TPSA) is 40.6 Å². The van der Waals surface area contributed by atoms with Crippen LogP contribution in [0.5, 0.6) is 0 Å². The molecule has 3 rings (SSSR count). The van der Waals surface area contributed by atoms with E-state index in [4.69, 9.17) is 0 Å². The Morgan fingerprint density at radius 1 is 0.964 bits per heavy atom. The van der Waals surface area contributed by atoms with Gasteiger partial charge in [0, 0.05) is 37.8 Å². The Morgan fingerprint density at radius 2 is 1.61 bits per heavy atom. The highest BCUT2D eigenvalue weighted by Gasteiger charge is 2.24. The molecule has 0 N–H and O–H groups in total. The molecule has 28 heavy (non-hydrogen) atoms. The Morgan fingerprint density at radius 3 is 2.29 bits per heavy atom. The van der Waals surface area contributed by atoms with Crippen molar-refractivity contribution in [3.63, 3.8) is 0 Å². The van der Waals surface area contributed by atoms with Crippen LogP contribution in [0.25, 0.3) is 0 Å². The molecule has 0 radical (unpaired) electrons. The SMILES string of the molecule is CN(CCCC[C@@H]1CCCN(C(=O)c2ccccc2)C1)C(=O)c1ccccc1. The maximum atomic E-state index is 12.7. The molecule has 1 atom stereocenters. The Balaban J connectivity index is 1.40.